The standard InChI is InChI=1S/C11H11BrF2N2O4/c1-20-5-7(4-12)15-11(17)8-2-6(13)3-9(10(8)14)16(18)19/h2-3,7H,4-5H2,1H3,(H,15,17). The van der Waals surface area contributed by atoms with Crippen molar-refractivity contribution < 1.29 is 23.2 Å². The van der Waals surface area contributed by atoms with E-state index < -0.39 is 39.8 Å². The second-order valence-electron chi connectivity index (χ2n) is 3.82. The Morgan fingerprint density at radius 3 is 2.70 bits per heavy atom. The molecule has 1 rings (SSSR count). The Morgan fingerprint density at radius 2 is 2.20 bits per heavy atom. The molecule has 0 saturated carbocycles. The summed E-state index contributed by atoms with van der Waals surface area (Å²) in [6, 6.07) is 0.549. The molecular formula is C11H11BrF2N2O4. The van der Waals surface area contributed by atoms with Gasteiger partial charge >= 0.3 is 5.69 Å². The van der Waals surface area contributed by atoms with Crippen LogP contribution in [0.1, 0.15) is 10.4 Å². The fourth-order valence-electron chi connectivity index (χ4n) is 1.46. The smallest absolute Gasteiger partial charge is 0.308 e. The van der Waals surface area contributed by atoms with E-state index in [1.165, 1.54) is 7.11 Å². The van der Waals surface area contributed by atoms with Crippen LogP contribution in [0.15, 0.2) is 12.1 Å². The van der Waals surface area contributed by atoms with Crippen molar-refractivity contribution in [1.82, 2.24) is 5.32 Å². The van der Waals surface area contributed by atoms with Crippen LogP contribution in [0, 0.1) is 21.7 Å². The zero-order valence-corrected chi connectivity index (χ0v) is 11.9. The molecule has 1 amide bonds. The fourth-order valence-corrected chi connectivity index (χ4v) is 1.81. The van der Waals surface area contributed by atoms with E-state index in [1.54, 1.807) is 0 Å². The number of nitrogens with zero attached hydrogens (tertiary/aromatic N) is 1. The molecule has 6 nitrogen and oxygen atoms in total. The van der Waals surface area contributed by atoms with Crippen molar-refractivity contribution in [2.45, 2.75) is 6.04 Å². The number of rotatable bonds is 6. The maximum Gasteiger partial charge on any atom is 0.308 e. The predicted molar refractivity (Wildman–Crippen MR) is 69.9 cm³/mol. The van der Waals surface area contributed by atoms with E-state index in [1.807, 2.05) is 0 Å². The molecule has 1 aromatic carbocycles. The van der Waals surface area contributed by atoms with Gasteiger partial charge in [-0.3, -0.25) is 14.9 Å². The maximum absolute atomic E-state index is 13.8. The topological polar surface area (TPSA) is 81.5 Å². The molecule has 0 radical (unpaired) electrons. The molecular weight excluding hydrogens is 342 g/mol. The summed E-state index contributed by atoms with van der Waals surface area (Å²) < 4.78 is 31.8. The van der Waals surface area contributed by atoms with E-state index in [0.717, 1.165) is 0 Å². The number of methoxy groups -OCH3 is 1. The van der Waals surface area contributed by atoms with Gasteiger partial charge in [0.05, 0.1) is 29.2 Å². The molecule has 0 aliphatic carbocycles. The highest BCUT2D eigenvalue weighted by Gasteiger charge is 2.25. The quantitative estimate of drug-likeness (QED) is 0.482. The van der Waals surface area contributed by atoms with Gasteiger partial charge in [-0.05, 0) is 6.07 Å². The van der Waals surface area contributed by atoms with Crippen LogP contribution >= 0.6 is 15.9 Å². The lowest BCUT2D eigenvalue weighted by molar-refractivity contribution is -0.387. The highest BCUT2D eigenvalue weighted by molar-refractivity contribution is 9.09. The first kappa shape index (κ1) is 16.4. The molecule has 0 aliphatic heterocycles. The Bertz CT molecular complexity index is 527. The second kappa shape index (κ2) is 7.25. The highest BCUT2D eigenvalue weighted by atomic mass is 79.9. The summed E-state index contributed by atoms with van der Waals surface area (Å²) in [7, 11) is 1.41. The van der Waals surface area contributed by atoms with Gasteiger partial charge in [-0.1, -0.05) is 15.9 Å². The largest absolute Gasteiger partial charge is 0.383 e. The molecule has 1 N–H and O–H groups in total. The number of nitrogens with one attached hydrogen (secondary N) is 1. The fraction of sp³-hybridized carbons (Fsp3) is 0.364. The van der Waals surface area contributed by atoms with Crippen LogP contribution in [0.25, 0.3) is 0 Å². The maximum atomic E-state index is 13.8. The number of hydrogen-bond acceptors (Lipinski definition) is 4. The van der Waals surface area contributed by atoms with Gasteiger partial charge in [-0.2, -0.15) is 4.39 Å². The van der Waals surface area contributed by atoms with Gasteiger partial charge in [0.15, 0.2) is 0 Å². The molecule has 0 aromatic heterocycles. The minimum atomic E-state index is -1.38. The van der Waals surface area contributed by atoms with Gasteiger partial charge in [-0.15, -0.1) is 0 Å². The zero-order valence-electron chi connectivity index (χ0n) is 10.4. The van der Waals surface area contributed by atoms with Gasteiger partial charge in [0.1, 0.15) is 5.82 Å². The lowest BCUT2D eigenvalue weighted by Crippen LogP contribution is -2.39. The number of carbonyl (C=O) groups excluding carboxylic acids is 1. The normalized spacial score (nSPS) is 12.0. The molecule has 1 unspecified atom stereocenters. The highest BCUT2D eigenvalue weighted by Crippen LogP contribution is 2.22. The lowest BCUT2D eigenvalue weighted by Gasteiger charge is -2.15. The van der Waals surface area contributed by atoms with Crippen molar-refractivity contribution in [1.29, 1.82) is 0 Å². The van der Waals surface area contributed by atoms with E-state index in [2.05, 4.69) is 21.2 Å². The number of benzene rings is 1. The summed E-state index contributed by atoms with van der Waals surface area (Å²) in [4.78, 5) is 21.3. The molecule has 9 heteroatoms. The molecule has 0 bridgehead atoms. The molecule has 0 spiro atoms. The predicted octanol–water partition coefficient (Wildman–Crippen LogP) is 2.01. The van der Waals surface area contributed by atoms with Crippen LogP contribution in [-0.4, -0.2) is 35.9 Å². The average Bonchev–Trinajstić information content (AvgIpc) is 2.39. The second-order valence-corrected chi connectivity index (χ2v) is 4.47. The number of carbonyl (C=O) groups is 1. The summed E-state index contributed by atoms with van der Waals surface area (Å²) in [5.41, 5.74) is -1.81. The summed E-state index contributed by atoms with van der Waals surface area (Å²) >= 11 is 3.12. The SMILES string of the molecule is COCC(CBr)NC(=O)c1cc(F)cc([N+](=O)[O-])c1F. The van der Waals surface area contributed by atoms with Crippen LogP contribution in [0.4, 0.5) is 14.5 Å². The zero-order chi connectivity index (χ0) is 15.3. The average molecular weight is 353 g/mol. The Kier molecular flexibility index (Phi) is 5.96. The van der Waals surface area contributed by atoms with E-state index in [4.69, 9.17) is 4.74 Å². The van der Waals surface area contributed by atoms with Crippen LogP contribution in [0.3, 0.4) is 0 Å². The molecule has 110 valence electrons. The summed E-state index contributed by atoms with van der Waals surface area (Å²) in [6.07, 6.45) is 0. The van der Waals surface area contributed by atoms with Crippen molar-refractivity contribution in [3.05, 3.63) is 39.4 Å². The number of amides is 1. The Labute approximate surface area is 121 Å². The Balaban J connectivity index is 3.06. The summed E-state index contributed by atoms with van der Waals surface area (Å²) in [5.74, 6) is -3.39. The van der Waals surface area contributed by atoms with Gasteiger partial charge in [0.25, 0.3) is 5.91 Å². The summed E-state index contributed by atoms with van der Waals surface area (Å²) in [5, 5.41) is 13.3. The molecule has 0 aliphatic rings. The minimum Gasteiger partial charge on any atom is -0.383 e. The monoisotopic (exact) mass is 352 g/mol. The number of hydrogen-bond donors (Lipinski definition) is 1. The molecule has 0 fully saturated rings. The van der Waals surface area contributed by atoms with Crippen molar-refractivity contribution in [2.75, 3.05) is 19.0 Å². The van der Waals surface area contributed by atoms with Crippen LogP contribution in [0.5, 0.6) is 0 Å². The molecule has 0 heterocycles. The molecule has 1 aromatic rings. The number of nitro benzene ring substituents is 1. The van der Waals surface area contributed by atoms with Gasteiger partial charge < -0.3 is 10.1 Å². The van der Waals surface area contributed by atoms with Crippen LogP contribution in [0.2, 0.25) is 0 Å². The molecule has 0 saturated heterocycles. The van der Waals surface area contributed by atoms with Crippen LogP contribution in [-0.2, 0) is 4.74 Å². The number of nitro groups is 1. The van der Waals surface area contributed by atoms with E-state index >= 15 is 0 Å². The van der Waals surface area contributed by atoms with E-state index in [0.29, 0.717) is 17.5 Å². The molecule has 1 atom stereocenters. The van der Waals surface area contributed by atoms with Gasteiger partial charge in [0, 0.05) is 12.4 Å². The van der Waals surface area contributed by atoms with Gasteiger partial charge in [0.2, 0.25) is 5.82 Å². The van der Waals surface area contributed by atoms with Gasteiger partial charge in [-0.25, -0.2) is 4.39 Å². The first-order valence-corrected chi connectivity index (χ1v) is 6.52. The third kappa shape index (κ3) is 3.94. The third-order valence-electron chi connectivity index (χ3n) is 2.35. The first-order chi connectivity index (χ1) is 9.40. The number of halogens is 3. The van der Waals surface area contributed by atoms with E-state index in [9.17, 15) is 23.7 Å². The van der Waals surface area contributed by atoms with Crippen molar-refractivity contribution in [2.24, 2.45) is 0 Å². The third-order valence-corrected chi connectivity index (χ3v) is 3.13. The number of alkyl halides is 1. The number of ether oxygens (including phenoxy) is 1. The van der Waals surface area contributed by atoms with E-state index in [-0.39, 0.29) is 6.61 Å². The first-order valence-electron chi connectivity index (χ1n) is 5.39. The van der Waals surface area contributed by atoms with Crippen LogP contribution < -0.4 is 5.32 Å². The summed E-state index contributed by atoms with van der Waals surface area (Å²) in [6.45, 7) is 0.149. The minimum absolute atomic E-state index is 0.149. The lowest BCUT2D eigenvalue weighted by atomic mass is 10.1. The Hall–Kier alpha value is -1.61. The van der Waals surface area contributed by atoms with Crippen molar-refractivity contribution in [3.63, 3.8) is 0 Å². The molecule has 20 heavy (non-hydrogen) atoms. The van der Waals surface area contributed by atoms with Crippen molar-refractivity contribution >= 4 is 27.5 Å². The van der Waals surface area contributed by atoms with Crippen molar-refractivity contribution in [3.8, 4) is 0 Å². The Morgan fingerprint density at radius 1 is 1.55 bits per heavy atom.